The fourth-order valence-corrected chi connectivity index (χ4v) is 3.02. The molecule has 1 aromatic heterocycles. The van der Waals surface area contributed by atoms with Crippen LogP contribution in [0, 0.1) is 10.1 Å². The quantitative estimate of drug-likeness (QED) is 0.606. The molecule has 0 spiro atoms. The Bertz CT molecular complexity index is 530. The lowest BCUT2D eigenvalue weighted by Gasteiger charge is -2.37. The number of hydrogen-bond acceptors (Lipinski definition) is 5. The Morgan fingerprint density at radius 2 is 2.10 bits per heavy atom. The summed E-state index contributed by atoms with van der Waals surface area (Å²) in [5.74, 6) is -0.160. The second-order valence-corrected chi connectivity index (χ2v) is 5.50. The fourth-order valence-electron chi connectivity index (χ4n) is 3.02. The van der Waals surface area contributed by atoms with E-state index in [4.69, 9.17) is 0 Å². The Morgan fingerprint density at radius 1 is 1.33 bits per heavy atom. The number of H-pyrrole nitrogens is 1. The molecule has 2 aliphatic heterocycles. The van der Waals surface area contributed by atoms with Gasteiger partial charge in [-0.3, -0.25) is 19.8 Å². The third-order valence-electron chi connectivity index (χ3n) is 4.26. The summed E-state index contributed by atoms with van der Waals surface area (Å²) in [5.41, 5.74) is 0.215. The van der Waals surface area contributed by atoms with Crippen LogP contribution < -0.4 is 5.32 Å². The van der Waals surface area contributed by atoms with Gasteiger partial charge in [-0.15, -0.1) is 0 Å². The first-order valence-electron chi connectivity index (χ1n) is 7.22. The van der Waals surface area contributed by atoms with E-state index < -0.39 is 4.92 Å². The molecular weight excluding hydrogens is 274 g/mol. The lowest BCUT2D eigenvalue weighted by atomic mass is 10.2. The predicted octanol–water partition coefficient (Wildman–Crippen LogP) is 0.0426. The van der Waals surface area contributed by atoms with Crippen LogP contribution in [-0.2, 0) is 0 Å². The maximum atomic E-state index is 12.3. The smallest absolute Gasteiger partial charge is 0.287 e. The van der Waals surface area contributed by atoms with E-state index in [-0.39, 0.29) is 17.3 Å². The summed E-state index contributed by atoms with van der Waals surface area (Å²) in [5, 5.41) is 14.0. The minimum absolute atomic E-state index is 0.0750. The molecule has 1 aromatic rings. The van der Waals surface area contributed by atoms with Crippen molar-refractivity contribution in [2.24, 2.45) is 0 Å². The van der Waals surface area contributed by atoms with Crippen molar-refractivity contribution in [1.82, 2.24) is 20.1 Å². The Morgan fingerprint density at radius 3 is 2.67 bits per heavy atom. The van der Waals surface area contributed by atoms with Crippen LogP contribution in [0.15, 0.2) is 12.3 Å². The highest BCUT2D eigenvalue weighted by Gasteiger charge is 2.29. The van der Waals surface area contributed by atoms with Gasteiger partial charge in [0.05, 0.1) is 11.1 Å². The molecule has 3 heterocycles. The summed E-state index contributed by atoms with van der Waals surface area (Å²) in [7, 11) is 0. The molecule has 114 valence electrons. The summed E-state index contributed by atoms with van der Waals surface area (Å²) in [6.45, 7) is 5.15. The van der Waals surface area contributed by atoms with Gasteiger partial charge in [-0.1, -0.05) is 0 Å². The number of nitrogens with one attached hydrogen (secondary N) is 2. The molecule has 0 aromatic carbocycles. The maximum absolute atomic E-state index is 12.3. The third kappa shape index (κ3) is 2.91. The van der Waals surface area contributed by atoms with Crippen LogP contribution in [0.25, 0.3) is 0 Å². The van der Waals surface area contributed by atoms with Crippen molar-refractivity contribution in [3.05, 3.63) is 28.1 Å². The molecule has 1 unspecified atom stereocenters. The molecule has 2 fully saturated rings. The van der Waals surface area contributed by atoms with Crippen molar-refractivity contribution in [2.45, 2.75) is 12.5 Å². The second kappa shape index (κ2) is 5.82. The molecule has 8 heteroatoms. The molecular formula is C13H19N5O3. The first-order chi connectivity index (χ1) is 10.1. The molecule has 0 bridgehead atoms. The van der Waals surface area contributed by atoms with Gasteiger partial charge in [-0.25, -0.2) is 0 Å². The van der Waals surface area contributed by atoms with Crippen molar-refractivity contribution in [3.63, 3.8) is 0 Å². The number of nitrogens with zero attached hydrogens (tertiary/aromatic N) is 3. The first kappa shape index (κ1) is 14.0. The molecule has 2 N–H and O–H groups in total. The topological polar surface area (TPSA) is 94.5 Å². The van der Waals surface area contributed by atoms with Crippen LogP contribution in [-0.4, -0.2) is 70.9 Å². The van der Waals surface area contributed by atoms with Gasteiger partial charge in [0.2, 0.25) is 0 Å². The largest absolute Gasteiger partial charge is 0.351 e. The monoisotopic (exact) mass is 293 g/mol. The van der Waals surface area contributed by atoms with Gasteiger partial charge in [0.1, 0.15) is 5.69 Å². The minimum atomic E-state index is -0.502. The zero-order valence-electron chi connectivity index (χ0n) is 11.7. The molecule has 8 nitrogen and oxygen atoms in total. The van der Waals surface area contributed by atoms with Crippen molar-refractivity contribution in [2.75, 3.05) is 39.3 Å². The molecule has 2 aliphatic rings. The standard InChI is InChI=1S/C13H19N5O3/c19-13(12-7-11(9-15-12)18(20)21)17-5-3-16(4-6-17)10-1-2-14-8-10/h7,9-10,14-15H,1-6,8H2. The first-order valence-corrected chi connectivity index (χ1v) is 7.22. The van der Waals surface area contributed by atoms with Crippen molar-refractivity contribution in [1.29, 1.82) is 0 Å². The summed E-state index contributed by atoms with van der Waals surface area (Å²) < 4.78 is 0. The number of amides is 1. The van der Waals surface area contributed by atoms with Gasteiger partial charge in [0.25, 0.3) is 11.6 Å². The van der Waals surface area contributed by atoms with Gasteiger partial charge in [0, 0.05) is 44.8 Å². The highest BCUT2D eigenvalue weighted by Crippen LogP contribution is 2.16. The molecule has 1 atom stereocenters. The Kier molecular flexibility index (Phi) is 3.89. The van der Waals surface area contributed by atoms with E-state index in [2.05, 4.69) is 15.2 Å². The average molecular weight is 293 g/mol. The minimum Gasteiger partial charge on any atom is -0.351 e. The van der Waals surface area contributed by atoms with Gasteiger partial charge in [0.15, 0.2) is 0 Å². The number of aromatic amines is 1. The zero-order valence-corrected chi connectivity index (χ0v) is 11.7. The normalized spacial score (nSPS) is 23.4. The van der Waals surface area contributed by atoms with Gasteiger partial charge < -0.3 is 15.2 Å². The van der Waals surface area contributed by atoms with Crippen molar-refractivity contribution >= 4 is 11.6 Å². The molecule has 1 amide bonds. The molecule has 0 radical (unpaired) electrons. The molecule has 3 rings (SSSR count). The van der Waals surface area contributed by atoms with Crippen LogP contribution in [0.2, 0.25) is 0 Å². The van der Waals surface area contributed by atoms with Crippen LogP contribution in [0.5, 0.6) is 0 Å². The van der Waals surface area contributed by atoms with Gasteiger partial charge in [-0.05, 0) is 13.0 Å². The highest BCUT2D eigenvalue weighted by molar-refractivity contribution is 5.93. The summed E-state index contributed by atoms with van der Waals surface area (Å²) >= 11 is 0. The van der Waals surface area contributed by atoms with E-state index in [9.17, 15) is 14.9 Å². The van der Waals surface area contributed by atoms with E-state index >= 15 is 0 Å². The van der Waals surface area contributed by atoms with Gasteiger partial charge in [-0.2, -0.15) is 0 Å². The fraction of sp³-hybridized carbons (Fsp3) is 0.615. The van der Waals surface area contributed by atoms with Gasteiger partial charge >= 0.3 is 0 Å². The third-order valence-corrected chi connectivity index (χ3v) is 4.26. The van der Waals surface area contributed by atoms with Crippen molar-refractivity contribution < 1.29 is 9.72 Å². The van der Waals surface area contributed by atoms with Crippen LogP contribution in [0.3, 0.4) is 0 Å². The number of carbonyl (C=O) groups excluding carboxylic acids is 1. The lowest BCUT2D eigenvalue weighted by molar-refractivity contribution is -0.384. The zero-order chi connectivity index (χ0) is 14.8. The molecule has 0 aliphatic carbocycles. The van der Waals surface area contributed by atoms with E-state index in [0.717, 1.165) is 32.6 Å². The van der Waals surface area contributed by atoms with Crippen LogP contribution >= 0.6 is 0 Å². The Balaban J connectivity index is 1.58. The number of carbonyl (C=O) groups is 1. The average Bonchev–Trinajstić information content (AvgIpc) is 3.18. The summed E-state index contributed by atoms with van der Waals surface area (Å²) in [4.78, 5) is 29.3. The Hall–Kier alpha value is -1.93. The van der Waals surface area contributed by atoms with Crippen molar-refractivity contribution in [3.8, 4) is 0 Å². The maximum Gasteiger partial charge on any atom is 0.287 e. The number of aromatic nitrogens is 1. The van der Waals surface area contributed by atoms with E-state index in [1.807, 2.05) is 0 Å². The highest BCUT2D eigenvalue weighted by atomic mass is 16.6. The van der Waals surface area contributed by atoms with E-state index in [1.165, 1.54) is 12.3 Å². The predicted molar refractivity (Wildman–Crippen MR) is 76.2 cm³/mol. The number of piperazine rings is 1. The van der Waals surface area contributed by atoms with E-state index in [0.29, 0.717) is 19.1 Å². The number of hydrogen-bond donors (Lipinski definition) is 2. The van der Waals surface area contributed by atoms with E-state index in [1.54, 1.807) is 4.90 Å². The molecule has 2 saturated heterocycles. The number of rotatable bonds is 3. The molecule has 0 saturated carbocycles. The molecule has 21 heavy (non-hydrogen) atoms. The van der Waals surface area contributed by atoms with Crippen LogP contribution in [0.4, 0.5) is 5.69 Å². The second-order valence-electron chi connectivity index (χ2n) is 5.50. The summed E-state index contributed by atoms with van der Waals surface area (Å²) in [6.07, 6.45) is 2.42. The number of nitro groups is 1. The summed E-state index contributed by atoms with van der Waals surface area (Å²) in [6, 6.07) is 1.88. The SMILES string of the molecule is O=C(c1cc([N+](=O)[O-])c[nH]1)N1CCN(C2CCNC2)CC1. The van der Waals surface area contributed by atoms with Crippen LogP contribution in [0.1, 0.15) is 16.9 Å². The Labute approximate surface area is 122 Å². The lowest BCUT2D eigenvalue weighted by Crippen LogP contribution is -2.52.